The van der Waals surface area contributed by atoms with Crippen LogP contribution in [-0.2, 0) is 6.54 Å². The Labute approximate surface area is 147 Å². The van der Waals surface area contributed by atoms with Crippen LogP contribution in [0.15, 0.2) is 59.1 Å². The van der Waals surface area contributed by atoms with Crippen LogP contribution in [0.1, 0.15) is 21.6 Å². The summed E-state index contributed by atoms with van der Waals surface area (Å²) in [7, 11) is 3.89. The largest absolute Gasteiger partial charge is 0.378 e. The molecule has 1 amide bonds. The molecule has 2 aromatic carbocycles. The number of rotatable bonds is 5. The van der Waals surface area contributed by atoms with Crippen molar-refractivity contribution in [3.63, 3.8) is 0 Å². The van der Waals surface area contributed by atoms with Crippen LogP contribution in [0.2, 0.25) is 0 Å². The molecule has 3 aromatic rings. The predicted octanol–water partition coefficient (Wildman–Crippen LogP) is 3.65. The van der Waals surface area contributed by atoms with E-state index in [0.29, 0.717) is 23.6 Å². The van der Waals surface area contributed by atoms with Crippen LogP contribution in [0, 0.1) is 6.92 Å². The van der Waals surface area contributed by atoms with Crippen molar-refractivity contribution in [3.05, 3.63) is 71.4 Å². The average Bonchev–Trinajstić information content (AvgIpc) is 3.09. The SMILES string of the molecule is Cc1ccc(-c2cc(CNC(=O)c3cccc(N(C)C)c3)no2)cc1. The van der Waals surface area contributed by atoms with E-state index >= 15 is 0 Å². The van der Waals surface area contributed by atoms with E-state index in [-0.39, 0.29) is 5.91 Å². The molecule has 0 radical (unpaired) electrons. The standard InChI is InChI=1S/C20H21N3O2/c1-14-7-9-15(10-8-14)19-12-17(22-25-19)13-21-20(24)16-5-4-6-18(11-16)23(2)3/h4-12H,13H2,1-3H3,(H,21,24). The van der Waals surface area contributed by atoms with Crippen molar-refractivity contribution in [1.29, 1.82) is 0 Å². The maximum atomic E-state index is 12.3. The molecule has 0 atom stereocenters. The molecule has 0 spiro atoms. The number of benzene rings is 2. The van der Waals surface area contributed by atoms with Crippen molar-refractivity contribution in [3.8, 4) is 11.3 Å². The molecule has 0 fully saturated rings. The molecule has 0 aliphatic carbocycles. The van der Waals surface area contributed by atoms with Gasteiger partial charge in [-0.1, -0.05) is 41.1 Å². The van der Waals surface area contributed by atoms with Crippen molar-refractivity contribution >= 4 is 11.6 Å². The van der Waals surface area contributed by atoms with Crippen LogP contribution in [0.3, 0.4) is 0 Å². The summed E-state index contributed by atoms with van der Waals surface area (Å²) in [5, 5.41) is 6.90. The normalized spacial score (nSPS) is 10.5. The van der Waals surface area contributed by atoms with Gasteiger partial charge in [0, 0.05) is 37.0 Å². The summed E-state index contributed by atoms with van der Waals surface area (Å²) in [6, 6.07) is 17.4. The summed E-state index contributed by atoms with van der Waals surface area (Å²) in [5.74, 6) is 0.558. The Kier molecular flexibility index (Phi) is 4.84. The van der Waals surface area contributed by atoms with Gasteiger partial charge in [0.15, 0.2) is 5.76 Å². The third-order valence-corrected chi connectivity index (χ3v) is 3.95. The zero-order valence-corrected chi connectivity index (χ0v) is 14.6. The number of hydrogen-bond donors (Lipinski definition) is 1. The Morgan fingerprint density at radius 2 is 1.88 bits per heavy atom. The molecule has 0 saturated carbocycles. The zero-order chi connectivity index (χ0) is 17.8. The number of hydrogen-bond acceptors (Lipinski definition) is 4. The first-order valence-corrected chi connectivity index (χ1v) is 8.11. The van der Waals surface area contributed by atoms with E-state index in [2.05, 4.69) is 10.5 Å². The van der Waals surface area contributed by atoms with Crippen LogP contribution in [0.4, 0.5) is 5.69 Å². The fraction of sp³-hybridized carbons (Fsp3) is 0.200. The zero-order valence-electron chi connectivity index (χ0n) is 14.6. The molecule has 5 nitrogen and oxygen atoms in total. The lowest BCUT2D eigenvalue weighted by Crippen LogP contribution is -2.23. The van der Waals surface area contributed by atoms with Gasteiger partial charge in [0.05, 0.1) is 6.54 Å². The van der Waals surface area contributed by atoms with Crippen LogP contribution >= 0.6 is 0 Å². The van der Waals surface area contributed by atoms with Gasteiger partial charge in [0.25, 0.3) is 5.91 Å². The van der Waals surface area contributed by atoms with Gasteiger partial charge >= 0.3 is 0 Å². The Balaban J connectivity index is 1.65. The number of aromatic nitrogens is 1. The number of anilines is 1. The lowest BCUT2D eigenvalue weighted by Gasteiger charge is -2.13. The summed E-state index contributed by atoms with van der Waals surface area (Å²) in [5.41, 5.74) is 4.45. The molecule has 128 valence electrons. The van der Waals surface area contributed by atoms with Crippen LogP contribution in [0.25, 0.3) is 11.3 Å². The summed E-state index contributed by atoms with van der Waals surface area (Å²) < 4.78 is 5.37. The maximum Gasteiger partial charge on any atom is 0.251 e. The monoisotopic (exact) mass is 335 g/mol. The van der Waals surface area contributed by atoms with E-state index in [9.17, 15) is 4.79 Å². The third kappa shape index (κ3) is 4.07. The molecule has 1 aromatic heterocycles. The number of nitrogens with one attached hydrogen (secondary N) is 1. The number of amides is 1. The van der Waals surface area contributed by atoms with E-state index in [1.807, 2.05) is 74.4 Å². The molecule has 0 bridgehead atoms. The molecule has 0 aliphatic heterocycles. The molecule has 5 heteroatoms. The van der Waals surface area contributed by atoms with Crippen molar-refractivity contribution in [2.75, 3.05) is 19.0 Å². The Bertz CT molecular complexity index is 867. The first kappa shape index (κ1) is 16.8. The highest BCUT2D eigenvalue weighted by molar-refractivity contribution is 5.95. The number of aryl methyl sites for hydroxylation is 1. The topological polar surface area (TPSA) is 58.4 Å². The van der Waals surface area contributed by atoms with Crippen molar-refractivity contribution in [2.45, 2.75) is 13.5 Å². The second kappa shape index (κ2) is 7.21. The Hall–Kier alpha value is -3.08. The summed E-state index contributed by atoms with van der Waals surface area (Å²) in [6.45, 7) is 2.36. The van der Waals surface area contributed by atoms with Crippen molar-refractivity contribution in [1.82, 2.24) is 10.5 Å². The maximum absolute atomic E-state index is 12.3. The predicted molar refractivity (Wildman–Crippen MR) is 98.6 cm³/mol. The molecule has 0 aliphatic rings. The average molecular weight is 335 g/mol. The molecule has 1 heterocycles. The lowest BCUT2D eigenvalue weighted by atomic mass is 10.1. The highest BCUT2D eigenvalue weighted by atomic mass is 16.5. The second-order valence-electron chi connectivity index (χ2n) is 6.18. The second-order valence-corrected chi connectivity index (χ2v) is 6.18. The van der Waals surface area contributed by atoms with E-state index in [1.54, 1.807) is 6.07 Å². The number of nitrogens with zero attached hydrogens (tertiary/aromatic N) is 2. The first-order chi connectivity index (χ1) is 12.0. The van der Waals surface area contributed by atoms with Gasteiger partial charge in [0.1, 0.15) is 5.69 Å². The van der Waals surface area contributed by atoms with E-state index in [4.69, 9.17) is 4.52 Å². The fourth-order valence-corrected chi connectivity index (χ4v) is 2.45. The molecule has 0 saturated heterocycles. The number of carbonyl (C=O) groups is 1. The molecular weight excluding hydrogens is 314 g/mol. The molecule has 1 N–H and O–H groups in total. The quantitative estimate of drug-likeness (QED) is 0.773. The summed E-state index contributed by atoms with van der Waals surface area (Å²) in [4.78, 5) is 14.3. The minimum atomic E-state index is -0.136. The molecular formula is C20H21N3O2. The van der Waals surface area contributed by atoms with Crippen LogP contribution in [0.5, 0.6) is 0 Å². The van der Waals surface area contributed by atoms with Gasteiger partial charge in [-0.05, 0) is 25.1 Å². The summed E-state index contributed by atoms with van der Waals surface area (Å²) in [6.07, 6.45) is 0. The minimum Gasteiger partial charge on any atom is -0.378 e. The smallest absolute Gasteiger partial charge is 0.251 e. The Morgan fingerprint density at radius 3 is 2.60 bits per heavy atom. The molecule has 3 rings (SSSR count). The van der Waals surface area contributed by atoms with Gasteiger partial charge in [0.2, 0.25) is 0 Å². The highest BCUT2D eigenvalue weighted by Gasteiger charge is 2.10. The molecule has 25 heavy (non-hydrogen) atoms. The van der Waals surface area contributed by atoms with Crippen molar-refractivity contribution < 1.29 is 9.32 Å². The van der Waals surface area contributed by atoms with E-state index in [1.165, 1.54) is 5.56 Å². The van der Waals surface area contributed by atoms with Gasteiger partial charge in [-0.15, -0.1) is 0 Å². The molecule has 0 unspecified atom stereocenters. The fourth-order valence-electron chi connectivity index (χ4n) is 2.45. The van der Waals surface area contributed by atoms with Crippen LogP contribution < -0.4 is 10.2 Å². The van der Waals surface area contributed by atoms with Crippen LogP contribution in [-0.4, -0.2) is 25.2 Å². The number of carbonyl (C=O) groups excluding carboxylic acids is 1. The lowest BCUT2D eigenvalue weighted by molar-refractivity contribution is 0.0950. The first-order valence-electron chi connectivity index (χ1n) is 8.11. The summed E-state index contributed by atoms with van der Waals surface area (Å²) >= 11 is 0. The minimum absolute atomic E-state index is 0.136. The van der Waals surface area contributed by atoms with Gasteiger partial charge < -0.3 is 14.7 Å². The highest BCUT2D eigenvalue weighted by Crippen LogP contribution is 2.20. The van der Waals surface area contributed by atoms with Gasteiger partial charge in [-0.3, -0.25) is 4.79 Å². The third-order valence-electron chi connectivity index (χ3n) is 3.95. The Morgan fingerprint density at radius 1 is 1.12 bits per heavy atom. The van der Waals surface area contributed by atoms with Crippen molar-refractivity contribution in [2.24, 2.45) is 0 Å². The van der Waals surface area contributed by atoms with E-state index < -0.39 is 0 Å². The van der Waals surface area contributed by atoms with E-state index in [0.717, 1.165) is 11.3 Å². The van der Waals surface area contributed by atoms with Gasteiger partial charge in [-0.25, -0.2) is 0 Å². The van der Waals surface area contributed by atoms with Gasteiger partial charge in [-0.2, -0.15) is 0 Å².